The lowest BCUT2D eigenvalue weighted by molar-refractivity contribution is -0.384. The monoisotopic (exact) mass is 433 g/mol. The number of anilines is 1. The fourth-order valence-corrected chi connectivity index (χ4v) is 2.79. The number of nitrogens with zero attached hydrogens (tertiary/aromatic N) is 7. The summed E-state index contributed by atoms with van der Waals surface area (Å²) in [4.78, 5) is 23.2. The van der Waals surface area contributed by atoms with Gasteiger partial charge in [-0.2, -0.15) is 9.78 Å². The number of amides is 1. The molecule has 2 aromatic carbocycles. The highest BCUT2D eigenvalue weighted by atomic mass is 16.6. The second-order valence-electron chi connectivity index (χ2n) is 6.59. The number of aromatic nitrogens is 5. The number of carbonyl (C=O) groups is 1. The van der Waals surface area contributed by atoms with E-state index in [1.165, 1.54) is 30.5 Å². The Labute approximate surface area is 179 Å². The first-order valence-corrected chi connectivity index (χ1v) is 9.13. The zero-order valence-corrected chi connectivity index (χ0v) is 16.5. The minimum absolute atomic E-state index is 0.00746. The number of hydrogen-bond donors (Lipinski definition) is 2. The molecule has 0 aliphatic heterocycles. The number of nitrogens with one attached hydrogen (secondary N) is 1. The van der Waals surface area contributed by atoms with Crippen molar-refractivity contribution in [3.05, 3.63) is 75.5 Å². The van der Waals surface area contributed by atoms with Crippen LogP contribution in [0.1, 0.15) is 21.6 Å². The topological polar surface area (TPSA) is 180 Å². The standard InChI is InChI=1S/C19H15N9O4/c1-11-2-4-12(5-3-11)10-21-23-19(29)15-16(13-6-8-14(9-7-13)28(30)31)27(26-22-15)18-17(20)24-32-25-18/h2-10H,1H3,(H2,20,24)(H,23,29)/b21-10-. The Hall–Kier alpha value is -4.94. The molecule has 160 valence electrons. The molecule has 0 radical (unpaired) electrons. The van der Waals surface area contributed by atoms with Crippen LogP contribution in [0.2, 0.25) is 0 Å². The number of rotatable bonds is 6. The van der Waals surface area contributed by atoms with Crippen molar-refractivity contribution in [3.63, 3.8) is 0 Å². The van der Waals surface area contributed by atoms with E-state index >= 15 is 0 Å². The van der Waals surface area contributed by atoms with Crippen molar-refractivity contribution < 1.29 is 14.3 Å². The quantitative estimate of drug-likeness (QED) is 0.261. The van der Waals surface area contributed by atoms with Gasteiger partial charge >= 0.3 is 0 Å². The molecule has 3 N–H and O–H groups in total. The van der Waals surface area contributed by atoms with Crippen molar-refractivity contribution in [1.29, 1.82) is 0 Å². The second-order valence-corrected chi connectivity index (χ2v) is 6.59. The van der Waals surface area contributed by atoms with E-state index in [9.17, 15) is 14.9 Å². The summed E-state index contributed by atoms with van der Waals surface area (Å²) >= 11 is 0. The van der Waals surface area contributed by atoms with Gasteiger partial charge in [0.05, 0.1) is 11.1 Å². The van der Waals surface area contributed by atoms with Gasteiger partial charge in [-0.05, 0) is 34.9 Å². The highest BCUT2D eigenvalue weighted by molar-refractivity contribution is 5.98. The molecule has 0 saturated heterocycles. The van der Waals surface area contributed by atoms with E-state index in [1.807, 2.05) is 31.2 Å². The van der Waals surface area contributed by atoms with Crippen LogP contribution in [0.3, 0.4) is 0 Å². The van der Waals surface area contributed by atoms with E-state index < -0.39 is 10.8 Å². The molecule has 2 aromatic heterocycles. The average molecular weight is 433 g/mol. The van der Waals surface area contributed by atoms with E-state index in [4.69, 9.17) is 5.73 Å². The summed E-state index contributed by atoms with van der Waals surface area (Å²) in [5.41, 5.74) is 10.4. The van der Waals surface area contributed by atoms with Crippen molar-refractivity contribution in [1.82, 2.24) is 30.7 Å². The van der Waals surface area contributed by atoms with Gasteiger partial charge in [0.1, 0.15) is 5.69 Å². The van der Waals surface area contributed by atoms with Crippen molar-refractivity contribution in [2.24, 2.45) is 5.10 Å². The number of nitrogen functional groups attached to an aromatic ring is 1. The minimum atomic E-state index is -0.664. The SMILES string of the molecule is Cc1ccc(/C=N\NC(=O)c2nnn(-c3nonc3N)c2-c2ccc([N+](=O)[O-])cc2)cc1. The molecule has 0 spiro atoms. The highest BCUT2D eigenvalue weighted by Gasteiger charge is 2.25. The number of nitro groups is 1. The third-order valence-corrected chi connectivity index (χ3v) is 4.39. The molecule has 0 aliphatic carbocycles. The van der Waals surface area contributed by atoms with Crippen molar-refractivity contribution in [2.45, 2.75) is 6.92 Å². The van der Waals surface area contributed by atoms with Crippen LogP contribution in [0.25, 0.3) is 17.1 Å². The zero-order chi connectivity index (χ0) is 22.7. The first kappa shape index (κ1) is 20.3. The largest absolute Gasteiger partial charge is 0.378 e. The first-order chi connectivity index (χ1) is 15.4. The lowest BCUT2D eigenvalue weighted by atomic mass is 10.1. The Morgan fingerprint density at radius 1 is 1.19 bits per heavy atom. The third-order valence-electron chi connectivity index (χ3n) is 4.39. The van der Waals surface area contributed by atoms with Crippen LogP contribution in [0.5, 0.6) is 0 Å². The summed E-state index contributed by atoms with van der Waals surface area (Å²) in [5.74, 6) is -0.738. The molecule has 1 amide bonds. The number of hydrazone groups is 1. The van der Waals surface area contributed by atoms with Gasteiger partial charge in [0.15, 0.2) is 5.69 Å². The number of nitro benzene ring substituents is 1. The molecule has 0 aliphatic rings. The van der Waals surface area contributed by atoms with Crippen molar-refractivity contribution in [2.75, 3.05) is 5.73 Å². The molecule has 0 atom stereocenters. The molecule has 4 aromatic rings. The van der Waals surface area contributed by atoms with Crippen molar-refractivity contribution >= 4 is 23.6 Å². The number of nitrogens with two attached hydrogens (primary N) is 1. The highest BCUT2D eigenvalue weighted by Crippen LogP contribution is 2.28. The summed E-state index contributed by atoms with van der Waals surface area (Å²) in [5, 5.41) is 29.9. The normalized spacial score (nSPS) is 11.0. The smallest absolute Gasteiger partial charge is 0.294 e. The van der Waals surface area contributed by atoms with Crippen LogP contribution >= 0.6 is 0 Å². The lowest BCUT2D eigenvalue weighted by Crippen LogP contribution is -2.19. The molecule has 13 heteroatoms. The molecule has 0 unspecified atom stereocenters. The Kier molecular flexibility index (Phi) is 5.36. The molecule has 0 saturated carbocycles. The summed E-state index contributed by atoms with van der Waals surface area (Å²) in [6.45, 7) is 1.96. The van der Waals surface area contributed by atoms with Crippen LogP contribution in [0, 0.1) is 17.0 Å². The van der Waals surface area contributed by atoms with E-state index in [-0.39, 0.29) is 28.7 Å². The number of aryl methyl sites for hydroxylation is 1. The molecular formula is C19H15N9O4. The van der Waals surface area contributed by atoms with Gasteiger partial charge in [-0.25, -0.2) is 10.1 Å². The fourth-order valence-electron chi connectivity index (χ4n) is 2.79. The van der Waals surface area contributed by atoms with Gasteiger partial charge in [-0.3, -0.25) is 14.9 Å². The van der Waals surface area contributed by atoms with E-state index in [1.54, 1.807) is 0 Å². The Morgan fingerprint density at radius 3 is 2.53 bits per heavy atom. The summed E-state index contributed by atoms with van der Waals surface area (Å²) < 4.78 is 5.76. The van der Waals surface area contributed by atoms with Gasteiger partial charge in [0.25, 0.3) is 11.6 Å². The molecule has 4 rings (SSSR count). The Balaban J connectivity index is 1.69. The van der Waals surface area contributed by atoms with Crippen LogP contribution in [-0.4, -0.2) is 42.4 Å². The molecule has 0 bridgehead atoms. The second kappa shape index (κ2) is 8.43. The van der Waals surface area contributed by atoms with Crippen LogP contribution in [-0.2, 0) is 0 Å². The average Bonchev–Trinajstić information content (AvgIpc) is 3.41. The zero-order valence-electron chi connectivity index (χ0n) is 16.5. The molecular weight excluding hydrogens is 418 g/mol. The Morgan fingerprint density at radius 2 is 1.91 bits per heavy atom. The molecule has 13 nitrogen and oxygen atoms in total. The Bertz CT molecular complexity index is 1310. The maximum Gasteiger partial charge on any atom is 0.294 e. The summed E-state index contributed by atoms with van der Waals surface area (Å²) in [7, 11) is 0. The van der Waals surface area contributed by atoms with Gasteiger partial charge in [-0.1, -0.05) is 35.0 Å². The summed E-state index contributed by atoms with van der Waals surface area (Å²) in [6.07, 6.45) is 1.48. The van der Waals surface area contributed by atoms with Gasteiger partial charge in [-0.15, -0.1) is 5.10 Å². The predicted molar refractivity (Wildman–Crippen MR) is 112 cm³/mol. The number of benzene rings is 2. The van der Waals surface area contributed by atoms with Crippen LogP contribution in [0.15, 0.2) is 58.3 Å². The maximum atomic E-state index is 12.8. The molecule has 0 fully saturated rings. The van der Waals surface area contributed by atoms with E-state index in [0.29, 0.717) is 5.56 Å². The minimum Gasteiger partial charge on any atom is -0.378 e. The van der Waals surface area contributed by atoms with Crippen molar-refractivity contribution in [3.8, 4) is 17.1 Å². The van der Waals surface area contributed by atoms with E-state index in [2.05, 4.69) is 35.8 Å². The van der Waals surface area contributed by atoms with Gasteiger partial charge in [0, 0.05) is 17.7 Å². The van der Waals surface area contributed by atoms with Gasteiger partial charge in [0.2, 0.25) is 11.6 Å². The number of carbonyl (C=O) groups excluding carboxylic acids is 1. The lowest BCUT2D eigenvalue weighted by Gasteiger charge is -2.05. The maximum absolute atomic E-state index is 12.8. The molecule has 2 heterocycles. The predicted octanol–water partition coefficient (Wildman–Crippen LogP) is 1.88. The third kappa shape index (κ3) is 4.02. The molecule has 32 heavy (non-hydrogen) atoms. The van der Waals surface area contributed by atoms with Crippen LogP contribution < -0.4 is 11.2 Å². The fraction of sp³-hybridized carbons (Fsp3) is 0.0526. The van der Waals surface area contributed by atoms with Gasteiger partial charge < -0.3 is 5.73 Å². The summed E-state index contributed by atoms with van der Waals surface area (Å²) in [6, 6.07) is 13.0. The van der Waals surface area contributed by atoms with Crippen LogP contribution in [0.4, 0.5) is 11.5 Å². The first-order valence-electron chi connectivity index (χ1n) is 9.13. The number of non-ortho nitro benzene ring substituents is 1. The number of hydrogen-bond acceptors (Lipinski definition) is 10. The van der Waals surface area contributed by atoms with E-state index in [0.717, 1.165) is 15.8 Å².